The summed E-state index contributed by atoms with van der Waals surface area (Å²) < 4.78 is 18.2. The fourth-order valence-corrected chi connectivity index (χ4v) is 1.50. The summed E-state index contributed by atoms with van der Waals surface area (Å²) in [4.78, 5) is 23.4. The van der Waals surface area contributed by atoms with E-state index in [1.54, 1.807) is 26.8 Å². The van der Waals surface area contributed by atoms with Gasteiger partial charge in [0.1, 0.15) is 0 Å². The second-order valence-corrected chi connectivity index (χ2v) is 5.15. The maximum absolute atomic E-state index is 13.4. The average molecular weight is 252 g/mol. The lowest BCUT2D eigenvalue weighted by atomic mass is 9.86. The molecule has 1 rings (SSSR count). The van der Waals surface area contributed by atoms with Crippen LogP contribution in [0.15, 0.2) is 18.2 Å². The molecule has 0 atom stereocenters. The zero-order valence-corrected chi connectivity index (χ0v) is 11.0. The van der Waals surface area contributed by atoms with Crippen molar-refractivity contribution in [3.05, 3.63) is 29.6 Å². The van der Waals surface area contributed by atoms with E-state index in [0.29, 0.717) is 5.56 Å². The van der Waals surface area contributed by atoms with Crippen LogP contribution in [0.1, 0.15) is 26.3 Å². The van der Waals surface area contributed by atoms with Gasteiger partial charge in [0.2, 0.25) is 11.6 Å². The first-order chi connectivity index (χ1) is 8.25. The summed E-state index contributed by atoms with van der Waals surface area (Å²) in [6, 6.07) is 4.24. The fraction of sp³-hybridized carbons (Fsp3) is 0.429. The van der Waals surface area contributed by atoms with Crippen molar-refractivity contribution in [3.8, 4) is 5.75 Å². The summed E-state index contributed by atoms with van der Waals surface area (Å²) in [6.45, 7) is 5.05. The Kier molecular flexibility index (Phi) is 4.22. The largest absolute Gasteiger partial charge is 0.494 e. The van der Waals surface area contributed by atoms with E-state index in [1.807, 2.05) is 0 Å². The highest BCUT2D eigenvalue weighted by Gasteiger charge is 2.27. The highest BCUT2D eigenvalue weighted by molar-refractivity contribution is 6.39. The van der Waals surface area contributed by atoms with E-state index in [2.05, 4.69) is 0 Å². The Labute approximate surface area is 106 Å². The number of Topliss-reactive ketones (excluding diaryl/α,β-unsaturated/α-hetero) is 2. The molecule has 0 saturated carbocycles. The minimum Gasteiger partial charge on any atom is -0.494 e. The first kappa shape index (κ1) is 14.4. The summed E-state index contributed by atoms with van der Waals surface area (Å²) in [7, 11) is 1.37. The van der Waals surface area contributed by atoms with Gasteiger partial charge in [-0.15, -0.1) is 0 Å². The Bertz CT molecular complexity index is 472. The van der Waals surface area contributed by atoms with Gasteiger partial charge in [0.15, 0.2) is 11.6 Å². The van der Waals surface area contributed by atoms with Gasteiger partial charge in [0.25, 0.3) is 0 Å². The topological polar surface area (TPSA) is 43.4 Å². The molecule has 0 amide bonds. The van der Waals surface area contributed by atoms with Gasteiger partial charge in [-0.25, -0.2) is 4.39 Å². The van der Waals surface area contributed by atoms with Gasteiger partial charge in [0.05, 0.1) is 7.11 Å². The summed E-state index contributed by atoms with van der Waals surface area (Å²) in [5, 5.41) is 0. The molecule has 3 nitrogen and oxygen atoms in total. The highest BCUT2D eigenvalue weighted by atomic mass is 19.1. The molecule has 0 spiro atoms. The van der Waals surface area contributed by atoms with Crippen molar-refractivity contribution in [2.45, 2.75) is 27.2 Å². The molecule has 0 aliphatic heterocycles. The Hall–Kier alpha value is -1.71. The van der Waals surface area contributed by atoms with E-state index in [4.69, 9.17) is 4.74 Å². The minimum atomic E-state index is -0.706. The Balaban J connectivity index is 2.83. The molecule has 0 aliphatic carbocycles. The number of rotatable bonds is 4. The van der Waals surface area contributed by atoms with Crippen LogP contribution in [0.5, 0.6) is 5.75 Å². The number of ether oxygens (including phenoxy) is 1. The molecule has 0 fully saturated rings. The van der Waals surface area contributed by atoms with Gasteiger partial charge in [-0.05, 0) is 17.7 Å². The number of hydrogen-bond acceptors (Lipinski definition) is 3. The summed E-state index contributed by atoms with van der Waals surface area (Å²) in [6.07, 6.45) is -0.0863. The van der Waals surface area contributed by atoms with E-state index >= 15 is 0 Å². The molecule has 0 aliphatic rings. The zero-order valence-electron chi connectivity index (χ0n) is 11.0. The Morgan fingerprint density at radius 2 is 1.89 bits per heavy atom. The van der Waals surface area contributed by atoms with E-state index in [1.165, 1.54) is 19.2 Å². The third-order valence-electron chi connectivity index (χ3n) is 2.52. The van der Waals surface area contributed by atoms with Crippen LogP contribution in [-0.4, -0.2) is 18.7 Å². The Morgan fingerprint density at radius 1 is 1.28 bits per heavy atom. The van der Waals surface area contributed by atoms with Crippen molar-refractivity contribution in [1.82, 2.24) is 0 Å². The normalized spacial score (nSPS) is 11.2. The number of carbonyl (C=O) groups is 2. The quantitative estimate of drug-likeness (QED) is 0.773. The molecule has 0 saturated heterocycles. The average Bonchev–Trinajstić information content (AvgIpc) is 2.27. The molecular formula is C14H17FO3. The second kappa shape index (κ2) is 5.29. The molecule has 0 bridgehead atoms. The molecule has 98 valence electrons. The van der Waals surface area contributed by atoms with E-state index in [9.17, 15) is 14.0 Å². The lowest BCUT2D eigenvalue weighted by Crippen LogP contribution is -2.29. The maximum atomic E-state index is 13.4. The number of ketones is 2. The fourth-order valence-electron chi connectivity index (χ4n) is 1.50. The van der Waals surface area contributed by atoms with Gasteiger partial charge in [-0.1, -0.05) is 26.8 Å². The van der Waals surface area contributed by atoms with Gasteiger partial charge in [-0.2, -0.15) is 0 Å². The molecule has 0 heterocycles. The standard InChI is InChI=1S/C14H17FO3/c1-14(2,3)13(17)11(16)8-9-5-6-12(18-4)10(15)7-9/h5-7H,8H2,1-4H3. The van der Waals surface area contributed by atoms with Crippen LogP contribution in [-0.2, 0) is 16.0 Å². The monoisotopic (exact) mass is 252 g/mol. The van der Waals surface area contributed by atoms with Crippen LogP contribution in [0.4, 0.5) is 4.39 Å². The molecule has 1 aromatic carbocycles. The van der Waals surface area contributed by atoms with Gasteiger partial charge in [-0.3, -0.25) is 9.59 Å². The lowest BCUT2D eigenvalue weighted by Gasteiger charge is -2.15. The molecule has 1 aromatic rings. The molecule has 0 N–H and O–H groups in total. The lowest BCUT2D eigenvalue weighted by molar-refractivity contribution is -0.140. The van der Waals surface area contributed by atoms with E-state index in [-0.39, 0.29) is 12.2 Å². The number of hydrogen-bond donors (Lipinski definition) is 0. The molecule has 4 heteroatoms. The van der Waals surface area contributed by atoms with Crippen molar-refractivity contribution >= 4 is 11.6 Å². The summed E-state index contributed by atoms with van der Waals surface area (Å²) in [5.41, 5.74) is -0.238. The first-order valence-corrected chi connectivity index (χ1v) is 5.65. The first-order valence-electron chi connectivity index (χ1n) is 5.65. The highest BCUT2D eigenvalue weighted by Crippen LogP contribution is 2.20. The van der Waals surface area contributed by atoms with Crippen molar-refractivity contribution in [2.24, 2.45) is 5.41 Å². The molecular weight excluding hydrogens is 235 g/mol. The third kappa shape index (κ3) is 3.39. The van der Waals surface area contributed by atoms with E-state index in [0.717, 1.165) is 0 Å². The van der Waals surface area contributed by atoms with Crippen LogP contribution in [0, 0.1) is 11.2 Å². The van der Waals surface area contributed by atoms with Crippen molar-refractivity contribution < 1.29 is 18.7 Å². The van der Waals surface area contributed by atoms with E-state index < -0.39 is 22.8 Å². The molecule has 0 unspecified atom stereocenters. The second-order valence-electron chi connectivity index (χ2n) is 5.15. The van der Waals surface area contributed by atoms with Crippen molar-refractivity contribution in [2.75, 3.05) is 7.11 Å². The predicted octanol–water partition coefficient (Wildman–Crippen LogP) is 2.56. The van der Waals surface area contributed by atoms with Crippen LogP contribution >= 0.6 is 0 Å². The molecule has 0 aromatic heterocycles. The van der Waals surface area contributed by atoms with Crippen molar-refractivity contribution in [3.63, 3.8) is 0 Å². The smallest absolute Gasteiger partial charge is 0.204 e. The van der Waals surface area contributed by atoms with Gasteiger partial charge in [0, 0.05) is 11.8 Å². The predicted molar refractivity (Wildman–Crippen MR) is 66.1 cm³/mol. The van der Waals surface area contributed by atoms with Gasteiger partial charge < -0.3 is 4.74 Å². The molecule has 0 radical (unpaired) electrons. The number of halogens is 1. The minimum absolute atomic E-state index is 0.0863. The zero-order chi connectivity index (χ0) is 13.9. The number of carbonyl (C=O) groups excluding carboxylic acids is 2. The number of methoxy groups -OCH3 is 1. The van der Waals surface area contributed by atoms with Crippen molar-refractivity contribution in [1.29, 1.82) is 0 Å². The van der Waals surface area contributed by atoms with Crippen LogP contribution in [0.25, 0.3) is 0 Å². The van der Waals surface area contributed by atoms with Crippen LogP contribution < -0.4 is 4.74 Å². The SMILES string of the molecule is COc1ccc(CC(=O)C(=O)C(C)(C)C)cc1F. The third-order valence-corrected chi connectivity index (χ3v) is 2.52. The number of benzene rings is 1. The van der Waals surface area contributed by atoms with Gasteiger partial charge >= 0.3 is 0 Å². The van der Waals surface area contributed by atoms with Crippen LogP contribution in [0.2, 0.25) is 0 Å². The van der Waals surface area contributed by atoms with Crippen LogP contribution in [0.3, 0.4) is 0 Å². The summed E-state index contributed by atoms with van der Waals surface area (Å²) in [5.74, 6) is -1.37. The maximum Gasteiger partial charge on any atom is 0.204 e. The Morgan fingerprint density at radius 3 is 2.33 bits per heavy atom. The molecule has 18 heavy (non-hydrogen) atoms. The summed E-state index contributed by atoms with van der Waals surface area (Å²) >= 11 is 0.